The Hall–Kier alpha value is -7.57. The zero-order valence-corrected chi connectivity index (χ0v) is 69.8. The van der Waals surface area contributed by atoms with Crippen LogP contribution in [-0.4, -0.2) is 329 Å². The van der Waals surface area contributed by atoms with Crippen molar-refractivity contribution in [2.75, 3.05) is 144 Å². The second kappa shape index (κ2) is 46.1. The van der Waals surface area contributed by atoms with Gasteiger partial charge >= 0.3 is 17.9 Å². The van der Waals surface area contributed by atoms with E-state index in [2.05, 4.69) is 31.6 Å². The number of hydrogen-bond acceptors (Lipinski definition) is 35. The number of nitrogens with zero attached hydrogens (tertiary/aromatic N) is 1. The predicted molar refractivity (Wildman–Crippen MR) is 407 cm³/mol. The fraction of sp³-hybridized carbons (Fsp3) is 0.448. The van der Waals surface area contributed by atoms with Gasteiger partial charge < -0.3 is 122 Å². The first-order valence-electron chi connectivity index (χ1n) is 34.5. The third-order valence-electron chi connectivity index (χ3n) is 17.2. The van der Waals surface area contributed by atoms with Crippen molar-refractivity contribution in [2.24, 2.45) is 0 Å². The van der Waals surface area contributed by atoms with Crippen molar-refractivity contribution in [3.8, 4) is 23.0 Å². The average molecular weight is 1940 g/mol. The van der Waals surface area contributed by atoms with Crippen LogP contribution in [0.5, 0.6) is 23.0 Å². The smallest absolute Gasteiger partial charge is 0.341 e. The molecule has 0 atom stereocenters. The summed E-state index contributed by atoms with van der Waals surface area (Å²) in [6.07, 6.45) is -2.94. The maximum absolute atomic E-state index is 15.1. The molecule has 52 heteroatoms. The summed E-state index contributed by atoms with van der Waals surface area (Å²) in [5, 5.41) is 162. The van der Waals surface area contributed by atoms with Gasteiger partial charge in [0.2, 0.25) is 63.7 Å². The fourth-order valence-corrected chi connectivity index (χ4v) is 17.0. The van der Waals surface area contributed by atoms with E-state index >= 15 is 25.3 Å². The number of fused-ring (bicyclic) bond motifs is 8. The molecule has 6 rings (SSSR count). The largest absolute Gasteiger partial charge is 0.483 e. The minimum Gasteiger partial charge on any atom is -0.483 e. The van der Waals surface area contributed by atoms with Crippen molar-refractivity contribution in [3.63, 3.8) is 0 Å². The average Bonchev–Trinajstić information content (AvgIpc) is 0.756. The van der Waals surface area contributed by atoms with Crippen molar-refractivity contribution in [3.05, 3.63) is 117 Å². The molecular weight excluding hydrogens is 1850 g/mol. The zero-order chi connectivity index (χ0) is 87.6. The first-order chi connectivity index (χ1) is 55.7. The second-order valence-corrected chi connectivity index (χ2v) is 35.8. The fourth-order valence-electron chi connectivity index (χ4n) is 10.9. The molecule has 1 radical (unpaired) electrons. The van der Waals surface area contributed by atoms with Crippen LogP contribution in [0.4, 0.5) is 0 Å². The number of carbonyl (C=O) groups is 8. The van der Waals surface area contributed by atoms with Gasteiger partial charge in [0.05, 0.1) is 125 Å². The summed E-state index contributed by atoms with van der Waals surface area (Å²) in [6, 6.07) is 10.9. The van der Waals surface area contributed by atoms with Gasteiger partial charge in [-0.25, -0.2) is 71.9 Å². The van der Waals surface area contributed by atoms with Gasteiger partial charge in [0, 0.05) is 138 Å². The first kappa shape index (κ1) is 102. The monoisotopic (exact) mass is 1940 g/mol. The van der Waals surface area contributed by atoms with Gasteiger partial charge in [-0.15, -0.1) is 0 Å². The molecule has 1 heterocycles. The van der Waals surface area contributed by atoms with Gasteiger partial charge in [-0.2, -0.15) is 0 Å². The standard InChI is InChI=1S/C67H88N10O35S6.Eu/c78-27-64(28-79,29-80)74-51(90)19-70-115(101,102)47-11-39-7-41-13-48(116(103,104)71-20-52(91)75-65(30-81,31-82)32-83)15-43(61(41)110-24-57(95)96)9-45-17-50(118(107,108)73-22-54(93)77-67(36-87,37-88)38-89)18-46(63(45)112-26-59(99)100)10-44-16-49(117(105,106)72-21-53(92)76-66(33-84,34-85)35-86)14-42(62(44)111-25-58(97)98)8-40(12-47)60(39)109-23-55(94)68-5-6-113-114-56-3-1-2-4-69-56;/h1-4,11-18,70-73,78-89H,5-10,19-38H2,(H,68,94)(H,74,90)(H,75,91)(H,76,92)(H,77,93)(H,95,96)(H,97,98)(H,99,100);. The number of pyridine rings is 1. The van der Waals surface area contributed by atoms with E-state index in [9.17, 15) is 123 Å². The Bertz CT molecular complexity index is 4690. The molecular formula is C67H88EuN10O35S6. The van der Waals surface area contributed by atoms with Gasteiger partial charge in [-0.3, -0.25) is 24.0 Å². The Morgan fingerprint density at radius 1 is 0.361 bits per heavy atom. The molecule has 0 fully saturated rings. The molecule has 8 bridgehead atoms. The number of sulfonamides is 4. The van der Waals surface area contributed by atoms with Gasteiger partial charge in [-0.1, -0.05) is 16.9 Å². The van der Waals surface area contributed by atoms with E-state index in [1.807, 2.05) is 18.9 Å². The summed E-state index contributed by atoms with van der Waals surface area (Å²) in [5.74, 6) is -14.3. The summed E-state index contributed by atoms with van der Waals surface area (Å²) >= 11 is 0. The summed E-state index contributed by atoms with van der Waals surface area (Å²) in [6.45, 7) is -24.0. The molecule has 0 saturated carbocycles. The summed E-state index contributed by atoms with van der Waals surface area (Å²) < 4.78 is 152. The number of carboxylic acids is 3. The van der Waals surface area contributed by atoms with Crippen LogP contribution in [0, 0.1) is 49.4 Å². The molecule has 5 amide bonds. The molecule has 0 aliphatic heterocycles. The SMILES string of the molecule is O=C(O)COc1c2cc(S(=O)(=O)NCC(=O)NC(CO)(CO)CO)cc1Cc1cc(S(=O)(=O)NCC(=O)NC(CO)(CO)CO)cc(c1OCC(=O)O)Cc1cc(S(=O)(=O)NCC(=O)NC(CO)(CO)CO)cc(c1OCC(=O)NCCSSc1ccccn1)Cc1cc(S(=O)(=O)NCC(=O)NC(CO)(CO)CO)cc(c1OCC(=O)O)C2.[Eu]. The van der Waals surface area contributed by atoms with E-state index in [0.717, 1.165) is 24.3 Å². The molecule has 659 valence electrons. The molecule has 0 unspecified atom stereocenters. The van der Waals surface area contributed by atoms with E-state index in [4.69, 9.17) is 18.9 Å². The number of carboxylic acid groups (broad SMARTS) is 3. The van der Waals surface area contributed by atoms with Crippen LogP contribution in [0.25, 0.3) is 0 Å². The van der Waals surface area contributed by atoms with Gasteiger partial charge in [0.15, 0.2) is 26.4 Å². The molecule has 1 aliphatic rings. The second-order valence-electron chi connectivity index (χ2n) is 26.3. The number of ether oxygens (including phenoxy) is 4. The van der Waals surface area contributed by atoms with Crippen LogP contribution >= 0.6 is 21.6 Å². The Morgan fingerprint density at radius 3 is 0.807 bits per heavy atom. The number of aliphatic hydroxyl groups excluding tert-OH is 12. The molecule has 1 aromatic heterocycles. The maximum Gasteiger partial charge on any atom is 0.341 e. The number of aliphatic hydroxyl groups is 12. The van der Waals surface area contributed by atoms with Gasteiger partial charge in [-0.05, 0) is 71.5 Å². The first-order valence-corrected chi connectivity index (χ1v) is 42.8. The van der Waals surface area contributed by atoms with Crippen molar-refractivity contribution >= 4 is 109 Å². The van der Waals surface area contributed by atoms with E-state index in [-0.39, 0.29) is 61.7 Å². The third kappa shape index (κ3) is 28.8. The van der Waals surface area contributed by atoms with Crippen LogP contribution in [0.15, 0.2) is 97.5 Å². The number of amides is 5. The van der Waals surface area contributed by atoms with Crippen LogP contribution in [-0.2, 0) is 104 Å². The zero-order valence-electron chi connectivity index (χ0n) is 62.5. The molecule has 4 aromatic carbocycles. The summed E-state index contributed by atoms with van der Waals surface area (Å²) in [4.78, 5) is 107. The van der Waals surface area contributed by atoms with Crippen LogP contribution in [0.2, 0.25) is 0 Å². The topological polar surface area (TPSA) is 735 Å². The molecule has 0 saturated heterocycles. The van der Waals surface area contributed by atoms with Crippen LogP contribution < -0.4 is 64.4 Å². The van der Waals surface area contributed by atoms with Crippen LogP contribution in [0.3, 0.4) is 0 Å². The predicted octanol–water partition coefficient (Wildman–Crippen LogP) is -9.48. The van der Waals surface area contributed by atoms with E-state index < -0.39 is 354 Å². The van der Waals surface area contributed by atoms with Crippen molar-refractivity contribution in [1.29, 1.82) is 0 Å². The Morgan fingerprint density at radius 2 is 0.597 bits per heavy atom. The quantitative estimate of drug-likeness (QED) is 0.0125. The maximum atomic E-state index is 15.1. The molecule has 5 aromatic rings. The molecule has 119 heavy (non-hydrogen) atoms. The minimum absolute atomic E-state index is 0. The van der Waals surface area contributed by atoms with Crippen molar-refractivity contribution in [2.45, 2.75) is 72.4 Å². The normalized spacial score (nSPS) is 12.7. The minimum atomic E-state index is -5.35. The molecule has 1 aliphatic carbocycles. The van der Waals surface area contributed by atoms with Crippen molar-refractivity contribution in [1.82, 2.24) is 50.5 Å². The van der Waals surface area contributed by atoms with Crippen molar-refractivity contribution < 1.29 is 217 Å². The van der Waals surface area contributed by atoms with Gasteiger partial charge in [0.1, 0.15) is 50.2 Å². The summed E-state index contributed by atoms with van der Waals surface area (Å²) in [5.41, 5.74) is -13.6. The number of aliphatic carboxylic acids is 3. The van der Waals surface area contributed by atoms with E-state index in [1.165, 1.54) is 27.8 Å². The number of aromatic nitrogens is 1. The Balaban J connectivity index is 0.0000252. The van der Waals surface area contributed by atoms with Gasteiger partial charge in [0.25, 0.3) is 5.91 Å². The molecule has 0 spiro atoms. The Kier molecular flexibility index (Phi) is 39.5. The van der Waals surface area contributed by atoms with E-state index in [0.29, 0.717) is 29.3 Å². The number of nitrogens with one attached hydrogen (secondary N) is 9. The molecule has 24 N–H and O–H groups in total. The number of benzene rings is 4. The van der Waals surface area contributed by atoms with E-state index in [1.54, 1.807) is 18.2 Å². The number of hydrogen-bond donors (Lipinski definition) is 24. The number of carbonyl (C=O) groups excluding carboxylic acids is 5. The third-order valence-corrected chi connectivity index (χ3v) is 25.0. The number of rotatable bonds is 49. The Labute approximate surface area is 727 Å². The summed E-state index contributed by atoms with van der Waals surface area (Å²) in [7, 11) is -18.9. The molecule has 45 nitrogen and oxygen atoms in total. The van der Waals surface area contributed by atoms with Crippen LogP contribution in [0.1, 0.15) is 44.5 Å².